The molecular weight excluding hydrogens is 398 g/mol. The van der Waals surface area contributed by atoms with Crippen molar-refractivity contribution in [2.24, 2.45) is 0 Å². The predicted molar refractivity (Wildman–Crippen MR) is 105 cm³/mol. The standard InChI is InChI=1S/C20H23NO7S/c1-4-11-21(2)29(23,24)17-8-6-5-7-15(17)28-19-14(12-18(22)25-3)9-10-16-20(19)27-13-26-16/h5-10H,4,11-13H2,1-3H3. The largest absolute Gasteiger partial charge is 0.469 e. The fourth-order valence-electron chi connectivity index (χ4n) is 2.93. The third-order valence-electron chi connectivity index (χ3n) is 4.43. The van der Waals surface area contributed by atoms with Crippen LogP contribution < -0.4 is 14.2 Å². The number of carbonyl (C=O) groups excluding carboxylic acids is 1. The van der Waals surface area contributed by atoms with Gasteiger partial charge in [0.15, 0.2) is 11.5 Å². The van der Waals surface area contributed by atoms with Crippen LogP contribution in [0, 0.1) is 0 Å². The molecule has 0 aromatic heterocycles. The van der Waals surface area contributed by atoms with Crippen LogP contribution in [-0.2, 0) is 26.0 Å². The lowest BCUT2D eigenvalue weighted by Crippen LogP contribution is -2.28. The highest BCUT2D eigenvalue weighted by molar-refractivity contribution is 7.89. The highest BCUT2D eigenvalue weighted by Crippen LogP contribution is 2.46. The molecule has 2 aromatic rings. The quantitative estimate of drug-likeness (QED) is 0.605. The second-order valence-corrected chi connectivity index (χ2v) is 8.43. The van der Waals surface area contributed by atoms with Gasteiger partial charge in [0.25, 0.3) is 0 Å². The second kappa shape index (κ2) is 8.71. The van der Waals surface area contributed by atoms with Gasteiger partial charge in [0, 0.05) is 19.2 Å². The molecule has 156 valence electrons. The number of hydrogen-bond donors (Lipinski definition) is 0. The molecule has 0 amide bonds. The summed E-state index contributed by atoms with van der Waals surface area (Å²) in [6, 6.07) is 9.69. The molecule has 8 nitrogen and oxygen atoms in total. The topological polar surface area (TPSA) is 91.4 Å². The number of sulfonamides is 1. The van der Waals surface area contributed by atoms with E-state index in [1.807, 2.05) is 6.92 Å². The summed E-state index contributed by atoms with van der Waals surface area (Å²) in [5, 5.41) is 0. The third kappa shape index (κ3) is 4.30. The number of esters is 1. The molecule has 0 N–H and O–H groups in total. The highest BCUT2D eigenvalue weighted by atomic mass is 32.2. The summed E-state index contributed by atoms with van der Waals surface area (Å²) in [5.41, 5.74) is 0.496. The maximum Gasteiger partial charge on any atom is 0.310 e. The van der Waals surface area contributed by atoms with Gasteiger partial charge in [-0.2, -0.15) is 0 Å². The van der Waals surface area contributed by atoms with Crippen LogP contribution in [0.15, 0.2) is 41.3 Å². The molecule has 2 aromatic carbocycles. The summed E-state index contributed by atoms with van der Waals surface area (Å²) in [5.74, 6) is 0.673. The smallest absolute Gasteiger partial charge is 0.310 e. The molecule has 0 saturated carbocycles. The normalized spacial score (nSPS) is 12.8. The van der Waals surface area contributed by atoms with Crippen molar-refractivity contribution in [2.75, 3.05) is 27.5 Å². The SMILES string of the molecule is CCCN(C)S(=O)(=O)c1ccccc1Oc1c(CC(=O)OC)ccc2c1OCO2. The van der Waals surface area contributed by atoms with Crippen LogP contribution in [0.1, 0.15) is 18.9 Å². The second-order valence-electron chi connectivity index (χ2n) is 6.42. The van der Waals surface area contributed by atoms with Crippen LogP contribution in [0.3, 0.4) is 0 Å². The van der Waals surface area contributed by atoms with Crippen molar-refractivity contribution < 1.29 is 32.2 Å². The molecule has 0 unspecified atom stereocenters. The Bertz CT molecular complexity index is 1000. The van der Waals surface area contributed by atoms with E-state index in [1.54, 1.807) is 30.3 Å². The zero-order chi connectivity index (χ0) is 21.0. The number of hydrogen-bond acceptors (Lipinski definition) is 7. The Balaban J connectivity index is 2.06. The maximum atomic E-state index is 13.0. The summed E-state index contributed by atoms with van der Waals surface area (Å²) in [6.07, 6.45) is 0.618. The van der Waals surface area contributed by atoms with Crippen molar-refractivity contribution in [2.45, 2.75) is 24.7 Å². The van der Waals surface area contributed by atoms with Crippen LogP contribution >= 0.6 is 0 Å². The number of carbonyl (C=O) groups is 1. The monoisotopic (exact) mass is 421 g/mol. The Morgan fingerprint density at radius 1 is 1.17 bits per heavy atom. The fourth-order valence-corrected chi connectivity index (χ4v) is 4.30. The molecule has 0 bridgehead atoms. The van der Waals surface area contributed by atoms with E-state index in [-0.39, 0.29) is 29.6 Å². The summed E-state index contributed by atoms with van der Waals surface area (Å²) in [4.78, 5) is 11.8. The first kappa shape index (κ1) is 20.9. The average molecular weight is 421 g/mol. The van der Waals surface area contributed by atoms with Gasteiger partial charge in [-0.25, -0.2) is 12.7 Å². The van der Waals surface area contributed by atoms with Crippen LogP contribution in [0.25, 0.3) is 0 Å². The molecule has 0 atom stereocenters. The molecular formula is C20H23NO7S. The lowest BCUT2D eigenvalue weighted by molar-refractivity contribution is -0.139. The molecule has 0 aliphatic carbocycles. The van der Waals surface area contributed by atoms with Gasteiger partial charge in [0.1, 0.15) is 10.6 Å². The fraction of sp³-hybridized carbons (Fsp3) is 0.350. The molecule has 1 heterocycles. The van der Waals surface area contributed by atoms with Crippen LogP contribution in [0.2, 0.25) is 0 Å². The Hall–Kier alpha value is -2.78. The van der Waals surface area contributed by atoms with Crippen molar-refractivity contribution in [1.29, 1.82) is 0 Å². The molecule has 29 heavy (non-hydrogen) atoms. The summed E-state index contributed by atoms with van der Waals surface area (Å²) >= 11 is 0. The van der Waals surface area contributed by atoms with Crippen LogP contribution in [0.5, 0.6) is 23.0 Å². The van der Waals surface area contributed by atoms with Gasteiger partial charge in [-0.1, -0.05) is 25.1 Å². The number of fused-ring (bicyclic) bond motifs is 1. The van der Waals surface area contributed by atoms with E-state index >= 15 is 0 Å². The van der Waals surface area contributed by atoms with Gasteiger partial charge in [0.2, 0.25) is 22.6 Å². The van der Waals surface area contributed by atoms with Gasteiger partial charge in [0.05, 0.1) is 13.5 Å². The number of methoxy groups -OCH3 is 1. The van der Waals surface area contributed by atoms with Crippen LogP contribution in [-0.4, -0.2) is 46.2 Å². The van der Waals surface area contributed by atoms with Crippen LogP contribution in [0.4, 0.5) is 0 Å². The summed E-state index contributed by atoms with van der Waals surface area (Å²) < 4.78 is 48.9. The van der Waals surface area contributed by atoms with E-state index in [1.165, 1.54) is 24.5 Å². The van der Waals surface area contributed by atoms with Crippen molar-refractivity contribution in [3.05, 3.63) is 42.0 Å². The first-order valence-corrected chi connectivity index (χ1v) is 10.5. The lowest BCUT2D eigenvalue weighted by Gasteiger charge is -2.20. The highest BCUT2D eigenvalue weighted by Gasteiger charge is 2.28. The van der Waals surface area contributed by atoms with Gasteiger partial charge < -0.3 is 18.9 Å². The molecule has 0 saturated heterocycles. The predicted octanol–water partition coefficient (Wildman–Crippen LogP) is 2.95. The van der Waals surface area contributed by atoms with Gasteiger partial charge in [-0.05, 0) is 24.6 Å². The molecule has 0 spiro atoms. The minimum absolute atomic E-state index is 0.00650. The number of para-hydroxylation sites is 1. The molecule has 3 rings (SSSR count). The first-order chi connectivity index (χ1) is 13.9. The Morgan fingerprint density at radius 3 is 2.66 bits per heavy atom. The minimum Gasteiger partial charge on any atom is -0.469 e. The van der Waals surface area contributed by atoms with Gasteiger partial charge in [-0.3, -0.25) is 4.79 Å². The Labute approximate surface area is 170 Å². The zero-order valence-corrected chi connectivity index (χ0v) is 17.3. The van der Waals surface area contributed by atoms with E-state index in [0.29, 0.717) is 30.0 Å². The van der Waals surface area contributed by atoms with E-state index in [9.17, 15) is 13.2 Å². The van der Waals surface area contributed by atoms with Crippen molar-refractivity contribution >= 4 is 16.0 Å². The Morgan fingerprint density at radius 2 is 1.93 bits per heavy atom. The average Bonchev–Trinajstić information content (AvgIpc) is 3.19. The third-order valence-corrected chi connectivity index (χ3v) is 6.32. The van der Waals surface area contributed by atoms with E-state index in [2.05, 4.69) is 0 Å². The molecule has 1 aliphatic heterocycles. The number of rotatable bonds is 8. The van der Waals surface area contributed by atoms with Gasteiger partial charge in [-0.15, -0.1) is 0 Å². The Kier molecular flexibility index (Phi) is 6.29. The molecule has 0 fully saturated rings. The van der Waals surface area contributed by atoms with Crippen molar-refractivity contribution in [1.82, 2.24) is 4.31 Å². The van der Waals surface area contributed by atoms with E-state index in [4.69, 9.17) is 18.9 Å². The number of ether oxygens (including phenoxy) is 4. The first-order valence-electron chi connectivity index (χ1n) is 9.10. The summed E-state index contributed by atoms with van der Waals surface area (Å²) in [7, 11) is -0.946. The molecule has 1 aliphatic rings. The van der Waals surface area contributed by atoms with Crippen molar-refractivity contribution in [3.63, 3.8) is 0 Å². The number of benzene rings is 2. The van der Waals surface area contributed by atoms with E-state index in [0.717, 1.165) is 0 Å². The van der Waals surface area contributed by atoms with Gasteiger partial charge >= 0.3 is 5.97 Å². The maximum absolute atomic E-state index is 13.0. The number of nitrogens with zero attached hydrogens (tertiary/aromatic N) is 1. The molecule has 0 radical (unpaired) electrons. The lowest BCUT2D eigenvalue weighted by atomic mass is 10.1. The molecule has 9 heteroatoms. The zero-order valence-electron chi connectivity index (χ0n) is 16.5. The minimum atomic E-state index is -3.76. The van der Waals surface area contributed by atoms with Crippen molar-refractivity contribution in [3.8, 4) is 23.0 Å². The van der Waals surface area contributed by atoms with E-state index < -0.39 is 16.0 Å². The summed E-state index contributed by atoms with van der Waals surface area (Å²) in [6.45, 7) is 2.28.